The Morgan fingerprint density at radius 1 is 1.11 bits per heavy atom. The molecule has 0 unspecified atom stereocenters. The van der Waals surface area contributed by atoms with E-state index in [-0.39, 0.29) is 24.4 Å². The van der Waals surface area contributed by atoms with Crippen LogP contribution in [0.3, 0.4) is 0 Å². The molecule has 2 atom stereocenters. The molecule has 0 aliphatic carbocycles. The summed E-state index contributed by atoms with van der Waals surface area (Å²) in [6.45, 7) is 8.07. The largest absolute Gasteiger partial charge is 0.494 e. The fourth-order valence-electron chi connectivity index (χ4n) is 5.69. The highest BCUT2D eigenvalue weighted by atomic mass is 19.3. The van der Waals surface area contributed by atoms with Gasteiger partial charge in [-0.3, -0.25) is 4.79 Å². The standard InChI is InChI=1S/C26H28BF2N3O3/c1-25(2)26(3,4)35-27(34-25)15-9-10-17-18(12-15)32-19-13-20(23(32)30-17)31(5)24(33)16-8-6-7-14(22(16)19)11-21(28)29/h6-10,12,19-21H,11,13H2,1-5H3/t19-,20+/m0/s1. The molecule has 35 heavy (non-hydrogen) atoms. The maximum Gasteiger partial charge on any atom is 0.494 e. The molecule has 9 heteroatoms. The lowest BCUT2D eigenvalue weighted by Gasteiger charge is -2.32. The van der Waals surface area contributed by atoms with Gasteiger partial charge in [0.2, 0.25) is 6.43 Å². The molecule has 0 spiro atoms. The third kappa shape index (κ3) is 3.20. The van der Waals surface area contributed by atoms with Crippen LogP contribution in [-0.4, -0.2) is 52.2 Å². The SMILES string of the molecule is CN1C(=O)c2cccc(CC(F)F)c2[C@@H]2C[C@@H]1c1nc3ccc(B4OC(C)(C)C(C)(C)O4)cc3n12. The van der Waals surface area contributed by atoms with Crippen LogP contribution in [0.5, 0.6) is 0 Å². The van der Waals surface area contributed by atoms with E-state index in [9.17, 15) is 13.6 Å². The summed E-state index contributed by atoms with van der Waals surface area (Å²) in [5.41, 5.74) is 3.33. The van der Waals surface area contributed by atoms with Crippen molar-refractivity contribution in [2.24, 2.45) is 0 Å². The second kappa shape index (κ2) is 7.37. The molecule has 3 aliphatic heterocycles. The highest BCUT2D eigenvalue weighted by molar-refractivity contribution is 6.62. The van der Waals surface area contributed by atoms with Crippen molar-refractivity contribution in [3.05, 3.63) is 58.9 Å². The van der Waals surface area contributed by atoms with Gasteiger partial charge in [0.25, 0.3) is 5.91 Å². The maximum atomic E-state index is 13.5. The quantitative estimate of drug-likeness (QED) is 0.527. The molecule has 0 N–H and O–H groups in total. The zero-order chi connectivity index (χ0) is 24.9. The molecule has 1 amide bonds. The van der Waals surface area contributed by atoms with Crippen LogP contribution in [0.15, 0.2) is 36.4 Å². The van der Waals surface area contributed by atoms with Crippen LogP contribution in [0.25, 0.3) is 11.0 Å². The van der Waals surface area contributed by atoms with Crippen LogP contribution in [0.1, 0.15) is 73.5 Å². The first-order chi connectivity index (χ1) is 16.5. The maximum absolute atomic E-state index is 13.5. The third-order valence-electron chi connectivity index (χ3n) is 8.24. The topological polar surface area (TPSA) is 56.6 Å². The van der Waals surface area contributed by atoms with Crippen LogP contribution in [-0.2, 0) is 15.7 Å². The zero-order valence-corrected chi connectivity index (χ0v) is 20.5. The van der Waals surface area contributed by atoms with Gasteiger partial charge in [-0.1, -0.05) is 18.2 Å². The number of amides is 1. The number of halogens is 2. The van der Waals surface area contributed by atoms with Crippen molar-refractivity contribution in [2.75, 3.05) is 7.05 Å². The molecular weight excluding hydrogens is 451 g/mol. The number of carbonyl (C=O) groups excluding carboxylic acids is 1. The molecule has 2 aromatic carbocycles. The number of imidazole rings is 1. The monoisotopic (exact) mass is 479 g/mol. The lowest BCUT2D eigenvalue weighted by Crippen LogP contribution is -2.41. The summed E-state index contributed by atoms with van der Waals surface area (Å²) in [6, 6.07) is 10.6. The Morgan fingerprint density at radius 3 is 2.51 bits per heavy atom. The van der Waals surface area contributed by atoms with E-state index in [0.717, 1.165) is 22.3 Å². The summed E-state index contributed by atoms with van der Waals surface area (Å²) in [7, 11) is 1.24. The number of benzene rings is 2. The molecule has 4 heterocycles. The van der Waals surface area contributed by atoms with Crippen molar-refractivity contribution in [3.63, 3.8) is 0 Å². The number of hydrogen-bond donors (Lipinski definition) is 0. The summed E-state index contributed by atoms with van der Waals surface area (Å²) >= 11 is 0. The minimum absolute atomic E-state index is 0.153. The smallest absolute Gasteiger partial charge is 0.399 e. The van der Waals surface area contributed by atoms with Gasteiger partial charge >= 0.3 is 7.12 Å². The second-order valence-electron chi connectivity index (χ2n) is 10.8. The van der Waals surface area contributed by atoms with E-state index in [2.05, 4.69) is 4.57 Å². The van der Waals surface area contributed by atoms with E-state index in [4.69, 9.17) is 14.3 Å². The van der Waals surface area contributed by atoms with E-state index >= 15 is 0 Å². The molecule has 0 radical (unpaired) electrons. The minimum atomic E-state index is -2.50. The van der Waals surface area contributed by atoms with Crippen molar-refractivity contribution in [2.45, 2.75) is 70.2 Å². The molecule has 3 aliphatic rings. The Labute approximate surface area is 203 Å². The summed E-state index contributed by atoms with van der Waals surface area (Å²) in [5.74, 6) is 0.629. The molecule has 6 nitrogen and oxygen atoms in total. The van der Waals surface area contributed by atoms with Gasteiger partial charge in [-0.15, -0.1) is 0 Å². The Bertz CT molecular complexity index is 1350. The number of rotatable bonds is 3. The molecule has 6 rings (SSSR count). The first-order valence-electron chi connectivity index (χ1n) is 12.0. The van der Waals surface area contributed by atoms with Crippen LogP contribution in [0, 0.1) is 0 Å². The Balaban J connectivity index is 1.52. The van der Waals surface area contributed by atoms with Gasteiger partial charge < -0.3 is 18.8 Å². The summed E-state index contributed by atoms with van der Waals surface area (Å²) in [5, 5.41) is 0. The number of fused-ring (bicyclic) bond motifs is 9. The van der Waals surface area contributed by atoms with Gasteiger partial charge in [-0.2, -0.15) is 0 Å². The number of alkyl halides is 2. The van der Waals surface area contributed by atoms with Crippen molar-refractivity contribution in [3.8, 4) is 0 Å². The van der Waals surface area contributed by atoms with Gasteiger partial charge in [0.1, 0.15) is 5.82 Å². The van der Waals surface area contributed by atoms with Crippen LogP contribution >= 0.6 is 0 Å². The molecule has 0 saturated carbocycles. The van der Waals surface area contributed by atoms with Crippen molar-refractivity contribution in [1.29, 1.82) is 0 Å². The first-order valence-corrected chi connectivity index (χ1v) is 12.0. The molecule has 1 aromatic heterocycles. The van der Waals surface area contributed by atoms with E-state index < -0.39 is 24.7 Å². The van der Waals surface area contributed by atoms with Crippen molar-refractivity contribution >= 4 is 29.5 Å². The van der Waals surface area contributed by atoms with Gasteiger partial charge in [-0.05, 0) is 62.5 Å². The Hall–Kier alpha value is -2.78. The molecular formula is C26H28BF2N3O3. The molecule has 182 valence electrons. The van der Waals surface area contributed by atoms with E-state index in [1.54, 1.807) is 30.1 Å². The van der Waals surface area contributed by atoms with E-state index in [1.807, 2.05) is 45.9 Å². The molecule has 3 aromatic rings. The molecule has 1 saturated heterocycles. The van der Waals surface area contributed by atoms with Crippen LogP contribution < -0.4 is 5.46 Å². The average molecular weight is 479 g/mol. The lowest BCUT2D eigenvalue weighted by atomic mass is 9.79. The first kappa shape index (κ1) is 22.7. The number of hydrogen-bond acceptors (Lipinski definition) is 4. The van der Waals surface area contributed by atoms with E-state index in [1.165, 1.54) is 0 Å². The molecule has 1 fully saturated rings. The normalized spacial score (nSPS) is 24.3. The van der Waals surface area contributed by atoms with Crippen LogP contribution in [0.4, 0.5) is 8.78 Å². The highest BCUT2D eigenvalue weighted by Crippen LogP contribution is 2.48. The lowest BCUT2D eigenvalue weighted by molar-refractivity contribution is 0.00578. The number of carbonyl (C=O) groups is 1. The van der Waals surface area contributed by atoms with Crippen molar-refractivity contribution in [1.82, 2.24) is 14.5 Å². The summed E-state index contributed by atoms with van der Waals surface area (Å²) in [4.78, 5) is 19.9. The van der Waals surface area contributed by atoms with E-state index in [0.29, 0.717) is 23.1 Å². The van der Waals surface area contributed by atoms with Gasteiger partial charge in [-0.25, -0.2) is 13.8 Å². The minimum Gasteiger partial charge on any atom is -0.399 e. The van der Waals surface area contributed by atoms with Gasteiger partial charge in [0, 0.05) is 25.5 Å². The fourth-order valence-corrected chi connectivity index (χ4v) is 5.69. The zero-order valence-electron chi connectivity index (χ0n) is 20.5. The average Bonchev–Trinajstić information content (AvgIpc) is 3.37. The van der Waals surface area contributed by atoms with Crippen LogP contribution in [0.2, 0.25) is 0 Å². The highest BCUT2D eigenvalue weighted by Gasteiger charge is 2.52. The predicted octanol–water partition coefficient (Wildman–Crippen LogP) is 4.26. The summed E-state index contributed by atoms with van der Waals surface area (Å²) in [6.07, 6.45) is -2.28. The number of nitrogens with zero attached hydrogens (tertiary/aromatic N) is 3. The second-order valence-corrected chi connectivity index (χ2v) is 10.8. The Morgan fingerprint density at radius 2 is 1.83 bits per heavy atom. The predicted molar refractivity (Wildman–Crippen MR) is 129 cm³/mol. The van der Waals surface area contributed by atoms with Gasteiger partial charge in [0.05, 0.1) is 34.3 Å². The van der Waals surface area contributed by atoms with Crippen molar-refractivity contribution < 1.29 is 22.9 Å². The summed E-state index contributed by atoms with van der Waals surface area (Å²) < 4.78 is 41.7. The van der Waals surface area contributed by atoms with Gasteiger partial charge in [0.15, 0.2) is 0 Å². The third-order valence-corrected chi connectivity index (χ3v) is 8.24. The number of aromatic nitrogens is 2. The molecule has 2 bridgehead atoms. The fraction of sp³-hybridized carbons (Fsp3) is 0.462. The Kier molecular flexibility index (Phi) is 4.77.